The highest BCUT2D eigenvalue weighted by molar-refractivity contribution is 7.90. The molecule has 3 aromatic rings. The van der Waals surface area contributed by atoms with Crippen LogP contribution in [0.3, 0.4) is 0 Å². The van der Waals surface area contributed by atoms with Crippen LogP contribution in [-0.2, 0) is 10.0 Å². The van der Waals surface area contributed by atoms with E-state index >= 15 is 0 Å². The molecule has 1 aromatic carbocycles. The summed E-state index contributed by atoms with van der Waals surface area (Å²) in [5, 5.41) is 0.198. The smallest absolute Gasteiger partial charge is 0.268 e. The Kier molecular flexibility index (Phi) is 6.49. The van der Waals surface area contributed by atoms with Gasteiger partial charge in [0.1, 0.15) is 5.69 Å². The maximum atomic E-state index is 13.3. The van der Waals surface area contributed by atoms with Crippen molar-refractivity contribution in [3.63, 3.8) is 0 Å². The van der Waals surface area contributed by atoms with Crippen LogP contribution in [0.1, 0.15) is 54.6 Å². The van der Waals surface area contributed by atoms with Gasteiger partial charge in [-0.2, -0.15) is 0 Å². The van der Waals surface area contributed by atoms with E-state index in [1.807, 2.05) is 6.92 Å². The Morgan fingerprint density at radius 2 is 1.84 bits per heavy atom. The van der Waals surface area contributed by atoms with Gasteiger partial charge < -0.3 is 9.15 Å². The number of ketones is 1. The van der Waals surface area contributed by atoms with Crippen LogP contribution in [0.4, 0.5) is 0 Å². The van der Waals surface area contributed by atoms with Gasteiger partial charge in [0.25, 0.3) is 10.0 Å². The lowest BCUT2D eigenvalue weighted by atomic mass is 9.85. The first kappa shape index (κ1) is 22.7. The number of Topliss-reactive ketones (excluding diaryl/α,β-unsaturated/α-hetero) is 1. The Morgan fingerprint density at radius 3 is 2.50 bits per heavy atom. The van der Waals surface area contributed by atoms with Crippen molar-refractivity contribution in [2.45, 2.75) is 50.3 Å². The second-order valence-corrected chi connectivity index (χ2v) is 10.5. The summed E-state index contributed by atoms with van der Waals surface area (Å²) in [7, 11) is -2.47. The summed E-state index contributed by atoms with van der Waals surface area (Å²) in [5.41, 5.74) is 1.11. The summed E-state index contributed by atoms with van der Waals surface area (Å²) in [6, 6.07) is 9.57. The van der Waals surface area contributed by atoms with E-state index in [-0.39, 0.29) is 38.7 Å². The molecule has 32 heavy (non-hydrogen) atoms. The summed E-state index contributed by atoms with van der Waals surface area (Å²) in [4.78, 5) is 13.1. The predicted molar refractivity (Wildman–Crippen MR) is 123 cm³/mol. The lowest BCUT2D eigenvalue weighted by Gasteiger charge is -2.20. The van der Waals surface area contributed by atoms with Gasteiger partial charge in [-0.3, -0.25) is 4.79 Å². The monoisotopic (exact) mass is 475 g/mol. The van der Waals surface area contributed by atoms with Crippen molar-refractivity contribution in [1.82, 2.24) is 3.97 Å². The minimum Gasteiger partial charge on any atom is -0.493 e. The third-order valence-corrected chi connectivity index (χ3v) is 7.98. The fourth-order valence-electron chi connectivity index (χ4n) is 4.23. The molecule has 2 aromatic heterocycles. The lowest BCUT2D eigenvalue weighted by Crippen LogP contribution is -2.13. The molecule has 1 aliphatic carbocycles. The number of furan rings is 1. The Bertz CT molecular complexity index is 1220. The Morgan fingerprint density at radius 1 is 1.16 bits per heavy atom. The van der Waals surface area contributed by atoms with Crippen molar-refractivity contribution in [3.05, 3.63) is 58.9 Å². The van der Waals surface area contributed by atoms with Gasteiger partial charge in [-0.1, -0.05) is 61.4 Å². The molecule has 1 saturated carbocycles. The number of carbonyl (C=O) groups is 1. The number of ether oxygens (including phenoxy) is 1. The summed E-state index contributed by atoms with van der Waals surface area (Å²) < 4.78 is 38.9. The molecule has 0 N–H and O–H groups in total. The van der Waals surface area contributed by atoms with E-state index in [0.717, 1.165) is 35.2 Å². The van der Waals surface area contributed by atoms with E-state index in [9.17, 15) is 13.2 Å². The van der Waals surface area contributed by atoms with Crippen molar-refractivity contribution in [3.8, 4) is 17.2 Å². The van der Waals surface area contributed by atoms with Gasteiger partial charge >= 0.3 is 0 Å². The number of rotatable bonds is 7. The molecule has 8 heteroatoms. The first-order valence-corrected chi connectivity index (χ1v) is 12.5. The molecule has 0 atom stereocenters. The van der Waals surface area contributed by atoms with Crippen LogP contribution in [-0.4, -0.2) is 25.3 Å². The van der Waals surface area contributed by atoms with E-state index < -0.39 is 10.0 Å². The number of aryl methyl sites for hydroxylation is 1. The van der Waals surface area contributed by atoms with Crippen LogP contribution in [0.15, 0.2) is 51.9 Å². The van der Waals surface area contributed by atoms with E-state index in [4.69, 9.17) is 20.8 Å². The Labute approximate surface area is 193 Å². The van der Waals surface area contributed by atoms with Crippen molar-refractivity contribution in [2.75, 3.05) is 7.11 Å². The largest absolute Gasteiger partial charge is 0.493 e. The molecule has 0 radical (unpaired) electrons. The van der Waals surface area contributed by atoms with Crippen molar-refractivity contribution in [2.24, 2.45) is 5.92 Å². The molecule has 1 fully saturated rings. The third kappa shape index (κ3) is 4.36. The van der Waals surface area contributed by atoms with Crippen molar-refractivity contribution < 1.29 is 22.4 Å². The molecule has 0 bridgehead atoms. The van der Waals surface area contributed by atoms with Crippen molar-refractivity contribution >= 4 is 27.4 Å². The highest BCUT2D eigenvalue weighted by Gasteiger charge is 2.29. The molecule has 170 valence electrons. The topological polar surface area (TPSA) is 78.5 Å². The molecule has 4 rings (SSSR count). The van der Waals surface area contributed by atoms with Gasteiger partial charge in [-0.25, -0.2) is 12.4 Å². The molecular weight excluding hydrogens is 450 g/mol. The number of carbonyl (C=O) groups excluding carboxylic acids is 1. The molecular formula is C24H26ClNO5S. The Balaban J connectivity index is 1.71. The molecule has 0 aliphatic heterocycles. The van der Waals surface area contributed by atoms with Crippen LogP contribution >= 0.6 is 11.6 Å². The molecule has 2 heterocycles. The average molecular weight is 476 g/mol. The standard InChI is InChI=1S/C24H26ClNO5S/c1-16-8-10-18(11-9-16)32(28,29)26-13-12-19(25)23(26)21-15-22(30-2)24(31-21)20(27)14-17-6-4-3-5-7-17/h8-13,15,17H,3-7,14H2,1-2H3. The summed E-state index contributed by atoms with van der Waals surface area (Å²) in [6.07, 6.45) is 7.32. The molecule has 0 spiro atoms. The summed E-state index contributed by atoms with van der Waals surface area (Å²) >= 11 is 6.37. The fraction of sp³-hybridized carbons (Fsp3) is 0.375. The van der Waals surface area contributed by atoms with Gasteiger partial charge in [0.15, 0.2) is 11.5 Å². The normalized spacial score (nSPS) is 15.1. The highest BCUT2D eigenvalue weighted by Crippen LogP contribution is 2.38. The number of methoxy groups -OCH3 is 1. The zero-order chi connectivity index (χ0) is 22.9. The van der Waals surface area contributed by atoms with E-state index in [1.54, 1.807) is 24.3 Å². The Hall–Kier alpha value is -2.51. The van der Waals surface area contributed by atoms with E-state index in [2.05, 4.69) is 0 Å². The van der Waals surface area contributed by atoms with Crippen LogP contribution in [0.5, 0.6) is 5.75 Å². The van der Waals surface area contributed by atoms with Gasteiger partial charge in [0.05, 0.1) is 17.0 Å². The quantitative estimate of drug-likeness (QED) is 0.385. The van der Waals surface area contributed by atoms with E-state index in [0.29, 0.717) is 12.3 Å². The van der Waals surface area contributed by atoms with Gasteiger partial charge in [0.2, 0.25) is 11.5 Å². The maximum Gasteiger partial charge on any atom is 0.268 e. The maximum absolute atomic E-state index is 13.3. The second kappa shape index (κ2) is 9.16. The molecule has 1 aliphatic rings. The SMILES string of the molecule is COc1cc(-c2c(Cl)ccn2S(=O)(=O)c2ccc(C)cc2)oc1C(=O)CC1CCCCC1. The zero-order valence-electron chi connectivity index (χ0n) is 18.1. The van der Waals surface area contributed by atoms with Crippen LogP contribution in [0.2, 0.25) is 5.02 Å². The predicted octanol–water partition coefficient (Wildman–Crippen LogP) is 6.11. The minimum absolute atomic E-state index is 0.102. The fourth-order valence-corrected chi connectivity index (χ4v) is 5.87. The number of hydrogen-bond donors (Lipinski definition) is 0. The number of aromatic nitrogens is 1. The summed E-state index contributed by atoms with van der Waals surface area (Å²) in [6.45, 7) is 1.88. The molecule has 0 amide bonds. The van der Waals surface area contributed by atoms with Crippen LogP contribution in [0, 0.1) is 12.8 Å². The number of halogens is 1. The molecule has 6 nitrogen and oxygen atoms in total. The van der Waals surface area contributed by atoms with E-state index in [1.165, 1.54) is 31.9 Å². The average Bonchev–Trinajstić information content (AvgIpc) is 3.38. The van der Waals surface area contributed by atoms with Crippen LogP contribution in [0.25, 0.3) is 11.5 Å². The lowest BCUT2D eigenvalue weighted by molar-refractivity contribution is 0.0919. The first-order chi connectivity index (χ1) is 15.3. The number of hydrogen-bond acceptors (Lipinski definition) is 5. The number of benzene rings is 1. The minimum atomic E-state index is -3.92. The van der Waals surface area contributed by atoms with Crippen molar-refractivity contribution in [1.29, 1.82) is 0 Å². The van der Waals surface area contributed by atoms with Crippen LogP contribution < -0.4 is 4.74 Å². The highest BCUT2D eigenvalue weighted by atomic mass is 35.5. The zero-order valence-corrected chi connectivity index (χ0v) is 19.7. The van der Waals surface area contributed by atoms with Gasteiger partial charge in [-0.05, 0) is 31.0 Å². The molecule has 0 saturated heterocycles. The van der Waals surface area contributed by atoms with Gasteiger partial charge in [0, 0.05) is 18.7 Å². The second-order valence-electron chi connectivity index (χ2n) is 8.27. The molecule has 0 unspecified atom stereocenters. The van der Waals surface area contributed by atoms with Gasteiger partial charge in [-0.15, -0.1) is 0 Å². The number of nitrogens with zero attached hydrogens (tertiary/aromatic N) is 1. The summed E-state index contributed by atoms with van der Waals surface area (Å²) in [5.74, 6) is 0.737. The third-order valence-electron chi connectivity index (χ3n) is 5.98. The first-order valence-electron chi connectivity index (χ1n) is 10.7.